The minimum absolute atomic E-state index is 0.0137. The highest BCUT2D eigenvalue weighted by atomic mass is 32.2. The Morgan fingerprint density at radius 3 is 2.83 bits per heavy atom. The minimum atomic E-state index is -3.20. The molecule has 1 amide bonds. The first-order valence-corrected chi connectivity index (χ1v) is 7.53. The van der Waals surface area contributed by atoms with E-state index in [1.807, 2.05) is 12.1 Å². The summed E-state index contributed by atoms with van der Waals surface area (Å²) in [7, 11) is -3.20. The molecule has 18 heavy (non-hydrogen) atoms. The number of amides is 1. The average Bonchev–Trinajstić information content (AvgIpc) is 2.38. The van der Waals surface area contributed by atoms with E-state index in [9.17, 15) is 13.2 Å². The normalized spacial score (nSPS) is 19.2. The summed E-state index contributed by atoms with van der Waals surface area (Å²) in [6.45, 7) is 2.37. The number of benzene rings is 1. The third kappa shape index (κ3) is 2.70. The zero-order chi connectivity index (χ0) is 13.2. The third-order valence-corrected chi connectivity index (χ3v) is 4.45. The van der Waals surface area contributed by atoms with Gasteiger partial charge >= 0.3 is 0 Å². The molecule has 1 aliphatic heterocycles. The zero-order valence-corrected chi connectivity index (χ0v) is 11.0. The number of carbonyl (C=O) groups is 1. The van der Waals surface area contributed by atoms with E-state index in [-0.39, 0.29) is 17.6 Å². The predicted molar refractivity (Wildman–Crippen MR) is 69.0 cm³/mol. The summed E-state index contributed by atoms with van der Waals surface area (Å²) >= 11 is 0. The first kappa shape index (κ1) is 13.0. The standard InChI is InChI=1S/C12H16N2O3S/c1-2-18(16,17)14-8-9-7-13-12(15)11-6-4-3-5-10(9)11/h3-6,9,14H,2,7-8H2,1H3,(H,13,15). The number of sulfonamides is 1. The summed E-state index contributed by atoms with van der Waals surface area (Å²) in [4.78, 5) is 11.6. The lowest BCUT2D eigenvalue weighted by atomic mass is 9.91. The second-order valence-electron chi connectivity index (χ2n) is 4.25. The molecule has 0 aliphatic carbocycles. The van der Waals surface area contributed by atoms with Crippen LogP contribution in [0, 0.1) is 0 Å². The van der Waals surface area contributed by atoms with Gasteiger partial charge in [-0.15, -0.1) is 0 Å². The van der Waals surface area contributed by atoms with Gasteiger partial charge in [0.15, 0.2) is 0 Å². The Labute approximate surface area is 107 Å². The second-order valence-corrected chi connectivity index (χ2v) is 6.34. The molecular weight excluding hydrogens is 252 g/mol. The molecule has 5 nitrogen and oxygen atoms in total. The molecule has 0 radical (unpaired) electrons. The number of hydrogen-bond donors (Lipinski definition) is 2. The average molecular weight is 268 g/mol. The van der Waals surface area contributed by atoms with Crippen molar-refractivity contribution in [1.29, 1.82) is 0 Å². The third-order valence-electron chi connectivity index (χ3n) is 3.08. The minimum Gasteiger partial charge on any atom is -0.351 e. The van der Waals surface area contributed by atoms with Gasteiger partial charge in [-0.1, -0.05) is 18.2 Å². The van der Waals surface area contributed by atoms with Gasteiger partial charge in [0.2, 0.25) is 10.0 Å². The first-order valence-electron chi connectivity index (χ1n) is 5.88. The molecule has 1 heterocycles. The van der Waals surface area contributed by atoms with Crippen LogP contribution in [0.4, 0.5) is 0 Å². The molecule has 0 bridgehead atoms. The van der Waals surface area contributed by atoms with Crippen molar-refractivity contribution in [3.63, 3.8) is 0 Å². The molecule has 1 aromatic carbocycles. The quantitative estimate of drug-likeness (QED) is 0.832. The summed E-state index contributed by atoms with van der Waals surface area (Å²) in [5, 5.41) is 2.77. The van der Waals surface area contributed by atoms with Gasteiger partial charge in [-0.3, -0.25) is 4.79 Å². The number of carbonyl (C=O) groups excluding carboxylic acids is 1. The van der Waals surface area contributed by atoms with E-state index in [2.05, 4.69) is 10.0 Å². The van der Waals surface area contributed by atoms with Crippen molar-refractivity contribution in [2.24, 2.45) is 0 Å². The van der Waals surface area contributed by atoms with Gasteiger partial charge in [0, 0.05) is 24.6 Å². The molecule has 1 atom stereocenters. The molecule has 1 aromatic rings. The number of rotatable bonds is 4. The van der Waals surface area contributed by atoms with Crippen molar-refractivity contribution in [3.05, 3.63) is 35.4 Å². The topological polar surface area (TPSA) is 75.3 Å². The van der Waals surface area contributed by atoms with Gasteiger partial charge in [-0.25, -0.2) is 13.1 Å². The lowest BCUT2D eigenvalue weighted by molar-refractivity contribution is 0.0940. The fourth-order valence-electron chi connectivity index (χ4n) is 1.99. The molecule has 0 fully saturated rings. The summed E-state index contributed by atoms with van der Waals surface area (Å²) in [6, 6.07) is 7.29. The summed E-state index contributed by atoms with van der Waals surface area (Å²) < 4.78 is 25.4. The number of fused-ring (bicyclic) bond motifs is 1. The highest BCUT2D eigenvalue weighted by Gasteiger charge is 2.25. The van der Waals surface area contributed by atoms with Crippen LogP contribution < -0.4 is 10.0 Å². The molecule has 0 saturated heterocycles. The van der Waals surface area contributed by atoms with E-state index in [4.69, 9.17) is 0 Å². The number of hydrogen-bond acceptors (Lipinski definition) is 3. The van der Waals surface area contributed by atoms with E-state index in [0.29, 0.717) is 18.7 Å². The van der Waals surface area contributed by atoms with Gasteiger partial charge < -0.3 is 5.32 Å². The van der Waals surface area contributed by atoms with E-state index >= 15 is 0 Å². The second kappa shape index (κ2) is 5.07. The van der Waals surface area contributed by atoms with E-state index in [1.54, 1.807) is 19.1 Å². The van der Waals surface area contributed by atoms with Crippen LogP contribution in [-0.4, -0.2) is 33.2 Å². The summed E-state index contributed by atoms with van der Waals surface area (Å²) in [5.41, 5.74) is 1.53. The largest absolute Gasteiger partial charge is 0.351 e. The lowest BCUT2D eigenvalue weighted by Crippen LogP contribution is -2.40. The van der Waals surface area contributed by atoms with Crippen molar-refractivity contribution in [2.75, 3.05) is 18.8 Å². The Hall–Kier alpha value is -1.40. The van der Waals surface area contributed by atoms with Crippen LogP contribution in [0.25, 0.3) is 0 Å². The highest BCUT2D eigenvalue weighted by molar-refractivity contribution is 7.89. The van der Waals surface area contributed by atoms with Crippen LogP contribution in [0.3, 0.4) is 0 Å². The van der Waals surface area contributed by atoms with Crippen LogP contribution >= 0.6 is 0 Å². The molecule has 2 rings (SSSR count). The molecule has 0 saturated carbocycles. The van der Waals surface area contributed by atoms with E-state index in [1.165, 1.54) is 0 Å². The van der Waals surface area contributed by atoms with Crippen LogP contribution in [-0.2, 0) is 10.0 Å². The van der Waals surface area contributed by atoms with Crippen LogP contribution in [0.1, 0.15) is 28.8 Å². The molecule has 1 unspecified atom stereocenters. The van der Waals surface area contributed by atoms with Gasteiger partial charge in [0.25, 0.3) is 5.91 Å². The van der Waals surface area contributed by atoms with Crippen molar-refractivity contribution >= 4 is 15.9 Å². The summed E-state index contributed by atoms with van der Waals surface area (Å²) in [5.74, 6) is -0.0475. The maximum Gasteiger partial charge on any atom is 0.251 e. The fourth-order valence-corrected chi connectivity index (χ4v) is 2.65. The lowest BCUT2D eigenvalue weighted by Gasteiger charge is -2.25. The molecule has 1 aliphatic rings. The Bertz CT molecular complexity index is 554. The van der Waals surface area contributed by atoms with Crippen LogP contribution in [0.15, 0.2) is 24.3 Å². The van der Waals surface area contributed by atoms with Crippen molar-refractivity contribution in [2.45, 2.75) is 12.8 Å². The summed E-state index contributed by atoms with van der Waals surface area (Å²) in [6.07, 6.45) is 0. The number of nitrogens with one attached hydrogen (secondary N) is 2. The van der Waals surface area contributed by atoms with Crippen LogP contribution in [0.2, 0.25) is 0 Å². The van der Waals surface area contributed by atoms with E-state index in [0.717, 1.165) is 5.56 Å². The smallest absolute Gasteiger partial charge is 0.251 e. The Kier molecular flexibility index (Phi) is 3.68. The first-order chi connectivity index (χ1) is 8.53. The van der Waals surface area contributed by atoms with Crippen molar-refractivity contribution in [1.82, 2.24) is 10.0 Å². The molecule has 2 N–H and O–H groups in total. The maximum atomic E-state index is 11.6. The SMILES string of the molecule is CCS(=O)(=O)NCC1CNC(=O)c2ccccc21. The van der Waals surface area contributed by atoms with Crippen molar-refractivity contribution < 1.29 is 13.2 Å². The molecule has 0 aromatic heterocycles. The Balaban J connectivity index is 2.17. The maximum absolute atomic E-state index is 11.6. The molecule has 0 spiro atoms. The van der Waals surface area contributed by atoms with Crippen LogP contribution in [0.5, 0.6) is 0 Å². The van der Waals surface area contributed by atoms with E-state index < -0.39 is 10.0 Å². The highest BCUT2D eigenvalue weighted by Crippen LogP contribution is 2.23. The molecule has 6 heteroatoms. The van der Waals surface area contributed by atoms with Crippen molar-refractivity contribution in [3.8, 4) is 0 Å². The predicted octanol–water partition coefficient (Wildman–Crippen LogP) is 0.453. The zero-order valence-electron chi connectivity index (χ0n) is 10.1. The Morgan fingerprint density at radius 1 is 1.39 bits per heavy atom. The monoisotopic (exact) mass is 268 g/mol. The van der Waals surface area contributed by atoms with Gasteiger partial charge in [0.05, 0.1) is 5.75 Å². The van der Waals surface area contributed by atoms with Gasteiger partial charge in [0.1, 0.15) is 0 Å². The Morgan fingerprint density at radius 2 is 2.11 bits per heavy atom. The molecular formula is C12H16N2O3S. The fraction of sp³-hybridized carbons (Fsp3) is 0.417. The van der Waals surface area contributed by atoms with Gasteiger partial charge in [-0.2, -0.15) is 0 Å². The molecule has 98 valence electrons. The van der Waals surface area contributed by atoms with Gasteiger partial charge in [-0.05, 0) is 18.6 Å².